The van der Waals surface area contributed by atoms with Crippen molar-refractivity contribution in [3.05, 3.63) is 45.4 Å². The van der Waals surface area contributed by atoms with E-state index in [2.05, 4.69) is 4.98 Å². The first-order valence-electron chi connectivity index (χ1n) is 8.05. The molecule has 0 aliphatic heterocycles. The monoisotopic (exact) mass is 381 g/mol. The number of thiazole rings is 1. The average Bonchev–Trinajstić information content (AvgIpc) is 3.01. The number of hydrogen-bond acceptors (Lipinski definition) is 5. The maximum absolute atomic E-state index is 12.3. The normalized spacial score (nSPS) is 11.4. The van der Waals surface area contributed by atoms with Crippen LogP contribution in [-0.2, 0) is 17.8 Å². The Morgan fingerprint density at radius 2 is 2.04 bits per heavy atom. The number of carbonyl (C=O) groups is 1. The maximum atomic E-state index is 12.3. The highest BCUT2D eigenvalue weighted by Crippen LogP contribution is 2.19. The maximum Gasteiger partial charge on any atom is 0.228 e. The summed E-state index contributed by atoms with van der Waals surface area (Å²) in [4.78, 5) is 18.5. The summed E-state index contributed by atoms with van der Waals surface area (Å²) >= 11 is 7.34. The van der Waals surface area contributed by atoms with E-state index >= 15 is 0 Å². The van der Waals surface area contributed by atoms with Crippen LogP contribution in [0.25, 0.3) is 0 Å². The van der Waals surface area contributed by atoms with E-state index in [-0.39, 0.29) is 17.7 Å². The highest BCUT2D eigenvalue weighted by molar-refractivity contribution is 7.09. The zero-order chi connectivity index (χ0) is 18.4. The summed E-state index contributed by atoms with van der Waals surface area (Å²) in [6.45, 7) is 5.63. The lowest BCUT2D eigenvalue weighted by atomic mass is 9.93. The molecule has 1 amide bonds. The van der Waals surface area contributed by atoms with Crippen molar-refractivity contribution in [3.8, 4) is 5.75 Å². The molecule has 1 aromatic carbocycles. The number of rotatable bonds is 8. The molecule has 5 nitrogen and oxygen atoms in total. The van der Waals surface area contributed by atoms with Gasteiger partial charge in [0.05, 0.1) is 12.1 Å². The van der Waals surface area contributed by atoms with Crippen LogP contribution in [0.1, 0.15) is 24.5 Å². The third-order valence-corrected chi connectivity index (χ3v) is 4.87. The van der Waals surface area contributed by atoms with Crippen LogP contribution >= 0.6 is 22.9 Å². The Kier molecular flexibility index (Phi) is 6.81. The number of likely N-dealkylation sites (N-methyl/N-ethyl adjacent to an activating group) is 1. The van der Waals surface area contributed by atoms with Crippen LogP contribution in [0.15, 0.2) is 29.6 Å². The first-order valence-corrected chi connectivity index (χ1v) is 9.30. The van der Waals surface area contributed by atoms with Crippen molar-refractivity contribution in [3.63, 3.8) is 0 Å². The predicted octanol–water partition coefficient (Wildman–Crippen LogP) is 3.36. The van der Waals surface area contributed by atoms with Gasteiger partial charge in [0.15, 0.2) is 0 Å². The molecule has 0 radical (unpaired) electrons. The Morgan fingerprint density at radius 3 is 2.68 bits per heavy atom. The molecule has 0 atom stereocenters. The summed E-state index contributed by atoms with van der Waals surface area (Å²) in [5.74, 6) is 0.776. The summed E-state index contributed by atoms with van der Waals surface area (Å²) in [7, 11) is 1.80. The van der Waals surface area contributed by atoms with Crippen molar-refractivity contribution in [2.45, 2.75) is 26.9 Å². The smallest absolute Gasteiger partial charge is 0.228 e. The Bertz CT molecular complexity index is 701. The minimum atomic E-state index is -0.0932. The van der Waals surface area contributed by atoms with E-state index in [1.807, 2.05) is 31.4 Å². The molecule has 7 heteroatoms. The molecule has 0 bridgehead atoms. The topological polar surface area (TPSA) is 68.5 Å². The fourth-order valence-electron chi connectivity index (χ4n) is 2.26. The fourth-order valence-corrected chi connectivity index (χ4v) is 3.09. The second-order valence-corrected chi connectivity index (χ2v) is 8.15. The number of nitrogens with zero attached hydrogens (tertiary/aromatic N) is 2. The van der Waals surface area contributed by atoms with Crippen molar-refractivity contribution >= 4 is 28.8 Å². The first-order chi connectivity index (χ1) is 11.8. The molecule has 0 spiro atoms. The molecule has 2 rings (SSSR count). The Hall–Kier alpha value is -1.63. The van der Waals surface area contributed by atoms with Gasteiger partial charge >= 0.3 is 0 Å². The lowest BCUT2D eigenvalue weighted by molar-refractivity contribution is -0.130. The van der Waals surface area contributed by atoms with Crippen molar-refractivity contribution in [1.29, 1.82) is 0 Å². The Labute approximate surface area is 157 Å². The molecule has 136 valence electrons. The largest absolute Gasteiger partial charge is 0.486 e. The Balaban J connectivity index is 1.86. The summed E-state index contributed by atoms with van der Waals surface area (Å²) < 4.78 is 5.67. The van der Waals surface area contributed by atoms with Gasteiger partial charge < -0.3 is 15.4 Å². The highest BCUT2D eigenvalue weighted by atomic mass is 35.5. The van der Waals surface area contributed by atoms with Gasteiger partial charge in [-0.2, -0.15) is 0 Å². The van der Waals surface area contributed by atoms with Gasteiger partial charge in [-0.15, -0.1) is 11.3 Å². The number of amides is 1. The van der Waals surface area contributed by atoms with Gasteiger partial charge in [0.2, 0.25) is 5.91 Å². The number of halogens is 1. The van der Waals surface area contributed by atoms with E-state index in [1.165, 1.54) is 11.3 Å². The summed E-state index contributed by atoms with van der Waals surface area (Å²) in [6.07, 6.45) is 0.286. The van der Waals surface area contributed by atoms with Gasteiger partial charge in [-0.05, 0) is 36.2 Å². The minimum Gasteiger partial charge on any atom is -0.486 e. The first kappa shape index (κ1) is 19.7. The van der Waals surface area contributed by atoms with Crippen LogP contribution in [-0.4, -0.2) is 35.9 Å². The van der Waals surface area contributed by atoms with Crippen LogP contribution in [0.5, 0.6) is 5.75 Å². The average molecular weight is 382 g/mol. The molecule has 1 aromatic heterocycles. The third kappa shape index (κ3) is 6.30. The molecular formula is C18H24ClN3O2S. The molecule has 0 saturated heterocycles. The van der Waals surface area contributed by atoms with E-state index in [0.717, 1.165) is 16.5 Å². The SMILES string of the molecule is CN(CC(C)(C)CN)C(=O)Cc1csc(COc2ccc(Cl)cc2)n1. The summed E-state index contributed by atoms with van der Waals surface area (Å²) in [5.41, 5.74) is 6.40. The Morgan fingerprint density at radius 1 is 1.36 bits per heavy atom. The fraction of sp³-hybridized carbons (Fsp3) is 0.444. The predicted molar refractivity (Wildman–Crippen MR) is 102 cm³/mol. The molecule has 2 N–H and O–H groups in total. The zero-order valence-electron chi connectivity index (χ0n) is 14.8. The van der Waals surface area contributed by atoms with Crippen molar-refractivity contribution in [2.75, 3.05) is 20.1 Å². The van der Waals surface area contributed by atoms with Crippen molar-refractivity contribution in [1.82, 2.24) is 9.88 Å². The van der Waals surface area contributed by atoms with E-state index in [4.69, 9.17) is 22.1 Å². The molecule has 0 aliphatic carbocycles. The molecular weight excluding hydrogens is 358 g/mol. The second-order valence-electron chi connectivity index (χ2n) is 6.77. The van der Waals surface area contributed by atoms with Crippen molar-refractivity contribution < 1.29 is 9.53 Å². The standard InChI is InChI=1S/C18H24ClN3O2S/c1-18(2,11-20)12-22(3)17(23)8-14-10-25-16(21-14)9-24-15-6-4-13(19)5-7-15/h4-7,10H,8-9,11-12,20H2,1-3H3. The van der Waals surface area contributed by atoms with Crippen LogP contribution in [0, 0.1) is 5.41 Å². The van der Waals surface area contributed by atoms with Gasteiger partial charge in [0.25, 0.3) is 0 Å². The third-order valence-electron chi connectivity index (χ3n) is 3.75. The molecule has 2 aromatic rings. The molecule has 0 unspecified atom stereocenters. The second kappa shape index (κ2) is 8.65. The number of hydrogen-bond donors (Lipinski definition) is 1. The van der Waals surface area contributed by atoms with E-state index < -0.39 is 0 Å². The molecule has 1 heterocycles. The quantitative estimate of drug-likeness (QED) is 0.761. The van der Waals surface area contributed by atoms with E-state index in [9.17, 15) is 4.79 Å². The number of nitrogens with two attached hydrogens (primary N) is 1. The number of ether oxygens (including phenoxy) is 1. The summed E-state index contributed by atoms with van der Waals surface area (Å²) in [6, 6.07) is 7.19. The molecule has 0 saturated carbocycles. The number of carbonyl (C=O) groups excluding carboxylic acids is 1. The lowest BCUT2D eigenvalue weighted by Gasteiger charge is -2.28. The summed E-state index contributed by atoms with van der Waals surface area (Å²) in [5, 5.41) is 3.41. The number of aromatic nitrogens is 1. The lowest BCUT2D eigenvalue weighted by Crippen LogP contribution is -2.40. The van der Waals surface area contributed by atoms with E-state index in [1.54, 1.807) is 24.1 Å². The number of benzene rings is 1. The molecule has 25 heavy (non-hydrogen) atoms. The van der Waals surface area contributed by atoms with Gasteiger partial charge in [-0.25, -0.2) is 4.98 Å². The molecule has 0 fully saturated rings. The van der Waals surface area contributed by atoms with Crippen LogP contribution < -0.4 is 10.5 Å². The van der Waals surface area contributed by atoms with Gasteiger partial charge in [-0.3, -0.25) is 4.79 Å². The van der Waals surface area contributed by atoms with Crippen LogP contribution in [0.4, 0.5) is 0 Å². The van der Waals surface area contributed by atoms with Crippen LogP contribution in [0.3, 0.4) is 0 Å². The van der Waals surface area contributed by atoms with Gasteiger partial charge in [0.1, 0.15) is 17.4 Å². The minimum absolute atomic E-state index is 0.0389. The van der Waals surface area contributed by atoms with E-state index in [0.29, 0.717) is 24.7 Å². The molecule has 0 aliphatic rings. The van der Waals surface area contributed by atoms with Crippen LogP contribution in [0.2, 0.25) is 5.02 Å². The van der Waals surface area contributed by atoms with Crippen molar-refractivity contribution in [2.24, 2.45) is 11.1 Å². The van der Waals surface area contributed by atoms with Gasteiger partial charge in [-0.1, -0.05) is 25.4 Å². The van der Waals surface area contributed by atoms with Gasteiger partial charge in [0, 0.05) is 24.0 Å². The zero-order valence-corrected chi connectivity index (χ0v) is 16.4. The highest BCUT2D eigenvalue weighted by Gasteiger charge is 2.21.